The lowest BCUT2D eigenvalue weighted by Gasteiger charge is -2.13. The maximum atomic E-state index is 11.2. The lowest BCUT2D eigenvalue weighted by molar-refractivity contribution is 0.555. The van der Waals surface area contributed by atoms with Crippen LogP contribution in [0.4, 0.5) is 0 Å². The molecule has 6 heteroatoms. The van der Waals surface area contributed by atoms with Gasteiger partial charge in [-0.1, -0.05) is 0 Å². The number of rotatable bonds is 0. The third kappa shape index (κ3) is 1.29. The molecule has 2 rings (SSSR count). The predicted molar refractivity (Wildman–Crippen MR) is 47.4 cm³/mol. The van der Waals surface area contributed by atoms with Crippen LogP contribution in [-0.4, -0.2) is 24.0 Å². The van der Waals surface area contributed by atoms with E-state index < -0.39 is 9.84 Å². The summed E-state index contributed by atoms with van der Waals surface area (Å²) in [4.78, 5) is 0. The fraction of sp³-hybridized carbons (Fsp3) is 0.500. The normalized spacial score (nSPS) is 20.4. The zero-order chi connectivity index (χ0) is 8.77. The van der Waals surface area contributed by atoms with Crippen LogP contribution in [0.3, 0.4) is 0 Å². The first kappa shape index (κ1) is 8.25. The summed E-state index contributed by atoms with van der Waals surface area (Å²) in [5, 5.41) is 4.03. The van der Waals surface area contributed by atoms with Crippen molar-refractivity contribution >= 4 is 25.8 Å². The summed E-state index contributed by atoms with van der Waals surface area (Å²) in [5.41, 5.74) is 0.765. The minimum Gasteiger partial charge on any atom is -0.266 e. The molecule has 1 aliphatic heterocycles. The summed E-state index contributed by atoms with van der Waals surface area (Å²) in [7, 11) is -2.88. The number of aromatic nitrogens is 2. The highest BCUT2D eigenvalue weighted by molar-refractivity contribution is 9.10. The van der Waals surface area contributed by atoms with Gasteiger partial charge in [-0.15, -0.1) is 0 Å². The molecule has 0 unspecified atom stereocenters. The molecule has 0 saturated carbocycles. The average molecular weight is 251 g/mol. The smallest absolute Gasteiger partial charge is 0.157 e. The molecule has 0 aromatic carbocycles. The Morgan fingerprint density at radius 1 is 1.58 bits per heavy atom. The van der Waals surface area contributed by atoms with Gasteiger partial charge >= 0.3 is 0 Å². The number of halogens is 1. The molecule has 1 aliphatic rings. The highest BCUT2D eigenvalue weighted by Gasteiger charge is 2.23. The average Bonchev–Trinajstić information content (AvgIpc) is 2.31. The van der Waals surface area contributed by atoms with Crippen LogP contribution in [0.2, 0.25) is 0 Å². The first-order valence-corrected chi connectivity index (χ1v) is 6.10. The largest absolute Gasteiger partial charge is 0.266 e. The molecule has 1 aromatic heterocycles. The summed E-state index contributed by atoms with van der Waals surface area (Å²) in [6.07, 6.45) is 1.64. The molecule has 0 radical (unpaired) electrons. The highest BCUT2D eigenvalue weighted by atomic mass is 79.9. The number of nitrogens with zero attached hydrogens (tertiary/aromatic N) is 2. The Morgan fingerprint density at radius 2 is 2.33 bits per heavy atom. The summed E-state index contributed by atoms with van der Waals surface area (Å²) in [6, 6.07) is 0. The van der Waals surface area contributed by atoms with E-state index in [9.17, 15) is 8.42 Å². The van der Waals surface area contributed by atoms with Crippen LogP contribution in [0.1, 0.15) is 5.69 Å². The zero-order valence-electron chi connectivity index (χ0n) is 6.20. The van der Waals surface area contributed by atoms with Crippen LogP contribution in [0, 0.1) is 0 Å². The Hall–Kier alpha value is -0.360. The van der Waals surface area contributed by atoms with E-state index in [1.54, 1.807) is 10.9 Å². The van der Waals surface area contributed by atoms with Crippen molar-refractivity contribution < 1.29 is 8.42 Å². The van der Waals surface area contributed by atoms with E-state index in [-0.39, 0.29) is 11.5 Å². The molecular formula is C6H7BrN2O2S. The molecule has 0 atom stereocenters. The monoisotopic (exact) mass is 250 g/mol. The minimum absolute atomic E-state index is 0.105. The second-order valence-electron chi connectivity index (χ2n) is 2.75. The lowest BCUT2D eigenvalue weighted by atomic mass is 10.5. The molecule has 66 valence electrons. The van der Waals surface area contributed by atoms with Gasteiger partial charge in [0.25, 0.3) is 0 Å². The zero-order valence-corrected chi connectivity index (χ0v) is 8.60. The summed E-state index contributed by atoms with van der Waals surface area (Å²) < 4.78 is 24.9. The summed E-state index contributed by atoms with van der Waals surface area (Å²) in [6.45, 7) is 0.475. The number of hydrogen-bond acceptors (Lipinski definition) is 3. The molecule has 0 spiro atoms. The Kier molecular flexibility index (Phi) is 1.76. The van der Waals surface area contributed by atoms with Gasteiger partial charge in [-0.25, -0.2) is 8.42 Å². The third-order valence-electron chi connectivity index (χ3n) is 1.87. The Bertz CT molecular complexity index is 409. The van der Waals surface area contributed by atoms with E-state index in [1.165, 1.54) is 0 Å². The topological polar surface area (TPSA) is 52.0 Å². The molecule has 0 saturated heterocycles. The highest BCUT2D eigenvalue weighted by Crippen LogP contribution is 2.22. The lowest BCUT2D eigenvalue weighted by Crippen LogP contribution is -2.24. The van der Waals surface area contributed by atoms with Crippen molar-refractivity contribution in [2.75, 3.05) is 5.75 Å². The summed E-state index contributed by atoms with van der Waals surface area (Å²) in [5.74, 6) is 0.307. The maximum absolute atomic E-state index is 11.2. The van der Waals surface area contributed by atoms with Gasteiger partial charge in [0.1, 0.15) is 0 Å². The number of sulfone groups is 1. The van der Waals surface area contributed by atoms with Gasteiger partial charge < -0.3 is 0 Å². The van der Waals surface area contributed by atoms with Gasteiger partial charge in [0, 0.05) is 0 Å². The molecule has 0 bridgehead atoms. The molecule has 0 amide bonds. The van der Waals surface area contributed by atoms with E-state index in [1.807, 2.05) is 0 Å². The predicted octanol–water partition coefficient (Wildman–Crippen LogP) is 0.574. The fourth-order valence-electron chi connectivity index (χ4n) is 1.23. The van der Waals surface area contributed by atoms with E-state index in [2.05, 4.69) is 21.0 Å². The molecule has 12 heavy (non-hydrogen) atoms. The van der Waals surface area contributed by atoms with Gasteiger partial charge in [0.05, 0.1) is 34.4 Å². The van der Waals surface area contributed by atoms with E-state index in [0.717, 1.165) is 10.2 Å². The van der Waals surface area contributed by atoms with Crippen molar-refractivity contribution in [3.63, 3.8) is 0 Å². The molecule has 4 nitrogen and oxygen atoms in total. The van der Waals surface area contributed by atoms with Crippen molar-refractivity contribution in [1.82, 2.24) is 9.78 Å². The molecule has 0 N–H and O–H groups in total. The number of fused-ring (bicyclic) bond motifs is 1. The Morgan fingerprint density at radius 3 is 3.08 bits per heavy atom. The van der Waals surface area contributed by atoms with Gasteiger partial charge in [0.2, 0.25) is 0 Å². The quantitative estimate of drug-likeness (QED) is 0.677. The van der Waals surface area contributed by atoms with E-state index in [4.69, 9.17) is 0 Å². The number of aryl methyl sites for hydroxylation is 1. The second-order valence-corrected chi connectivity index (χ2v) is 5.79. The van der Waals surface area contributed by atoms with Gasteiger partial charge in [0.15, 0.2) is 9.84 Å². The Labute approximate surface area is 78.6 Å². The van der Waals surface area contributed by atoms with Crippen molar-refractivity contribution in [2.45, 2.75) is 12.3 Å². The molecule has 0 fully saturated rings. The third-order valence-corrected chi connectivity index (χ3v) is 4.05. The molecule has 0 aliphatic carbocycles. The molecule has 1 aromatic rings. The van der Waals surface area contributed by atoms with Crippen molar-refractivity contribution in [3.8, 4) is 0 Å². The van der Waals surface area contributed by atoms with Crippen LogP contribution in [0.25, 0.3) is 0 Å². The van der Waals surface area contributed by atoms with Crippen LogP contribution in [0.15, 0.2) is 10.7 Å². The van der Waals surface area contributed by atoms with E-state index >= 15 is 0 Å². The second kappa shape index (κ2) is 2.56. The SMILES string of the molecule is O=S1(=O)CCn2ncc(Br)c2C1. The Balaban J connectivity index is 2.52. The van der Waals surface area contributed by atoms with Crippen LogP contribution >= 0.6 is 15.9 Å². The van der Waals surface area contributed by atoms with Crippen molar-refractivity contribution in [1.29, 1.82) is 0 Å². The molecular weight excluding hydrogens is 244 g/mol. The minimum atomic E-state index is -2.88. The summed E-state index contributed by atoms with van der Waals surface area (Å²) >= 11 is 3.26. The maximum Gasteiger partial charge on any atom is 0.157 e. The van der Waals surface area contributed by atoms with Crippen LogP contribution < -0.4 is 0 Å². The van der Waals surface area contributed by atoms with Gasteiger partial charge in [-0.2, -0.15) is 5.10 Å². The van der Waals surface area contributed by atoms with E-state index in [0.29, 0.717) is 6.54 Å². The first-order chi connectivity index (χ1) is 5.58. The van der Waals surface area contributed by atoms with Crippen molar-refractivity contribution in [2.24, 2.45) is 0 Å². The van der Waals surface area contributed by atoms with Crippen LogP contribution in [0.5, 0.6) is 0 Å². The van der Waals surface area contributed by atoms with Crippen LogP contribution in [-0.2, 0) is 22.1 Å². The first-order valence-electron chi connectivity index (χ1n) is 3.49. The van der Waals surface area contributed by atoms with Crippen molar-refractivity contribution in [3.05, 3.63) is 16.4 Å². The van der Waals surface area contributed by atoms with Gasteiger partial charge in [-0.05, 0) is 15.9 Å². The number of hydrogen-bond donors (Lipinski definition) is 0. The standard InChI is InChI=1S/C6H7BrN2O2S/c7-5-3-8-9-1-2-12(10,11)4-6(5)9/h3H,1-2,4H2. The molecule has 2 heterocycles. The fourth-order valence-corrected chi connectivity index (χ4v) is 3.17. The van der Waals surface area contributed by atoms with Gasteiger partial charge in [-0.3, -0.25) is 4.68 Å².